The number of likely N-dealkylation sites (N-methyl/N-ethyl adjacent to an activating group) is 1. The molecule has 0 saturated heterocycles. The van der Waals surface area contributed by atoms with Crippen LogP contribution in [-0.4, -0.2) is 32.9 Å². The first kappa shape index (κ1) is 13.1. The molecule has 1 aliphatic heterocycles. The minimum atomic E-state index is -3.41. The summed E-state index contributed by atoms with van der Waals surface area (Å²) in [5, 5.41) is 3.24. The lowest BCUT2D eigenvalue weighted by molar-refractivity contribution is 0.499. The van der Waals surface area contributed by atoms with E-state index in [1.807, 2.05) is 6.07 Å². The van der Waals surface area contributed by atoms with Crippen LogP contribution in [0.5, 0.6) is 0 Å². The molecule has 98 valence electrons. The molecule has 0 aliphatic carbocycles. The molecule has 1 aliphatic rings. The fraction of sp³-hybridized carbons (Fsp3) is 0.385. The second kappa shape index (κ2) is 5.12. The molecule has 0 atom stereocenters. The average Bonchev–Trinajstić information content (AvgIpc) is 2.38. The zero-order valence-electron chi connectivity index (χ0n) is 10.5. The SMILES string of the molecule is C=CCN(C)S(=O)(=O)c1ccc2c(c1)NCCC2. The summed E-state index contributed by atoms with van der Waals surface area (Å²) in [6, 6.07) is 5.31. The Morgan fingerprint density at radius 1 is 1.50 bits per heavy atom. The highest BCUT2D eigenvalue weighted by Crippen LogP contribution is 2.26. The summed E-state index contributed by atoms with van der Waals surface area (Å²) in [6.07, 6.45) is 3.68. The first-order valence-electron chi connectivity index (χ1n) is 6.00. The van der Waals surface area contributed by atoms with E-state index < -0.39 is 10.0 Å². The topological polar surface area (TPSA) is 49.4 Å². The van der Waals surface area contributed by atoms with Crippen molar-refractivity contribution in [3.05, 3.63) is 36.4 Å². The van der Waals surface area contributed by atoms with Gasteiger partial charge in [0.05, 0.1) is 4.90 Å². The molecule has 0 spiro atoms. The van der Waals surface area contributed by atoms with Crippen molar-refractivity contribution in [2.45, 2.75) is 17.7 Å². The van der Waals surface area contributed by atoms with Crippen molar-refractivity contribution < 1.29 is 8.42 Å². The number of aryl methyl sites for hydroxylation is 1. The minimum absolute atomic E-state index is 0.312. The van der Waals surface area contributed by atoms with Gasteiger partial charge in [-0.3, -0.25) is 0 Å². The van der Waals surface area contributed by atoms with Gasteiger partial charge in [-0.15, -0.1) is 6.58 Å². The van der Waals surface area contributed by atoms with Gasteiger partial charge in [-0.1, -0.05) is 12.1 Å². The molecule has 0 unspecified atom stereocenters. The van der Waals surface area contributed by atoms with E-state index in [1.165, 1.54) is 9.87 Å². The molecule has 1 N–H and O–H groups in total. The summed E-state index contributed by atoms with van der Waals surface area (Å²) in [6.45, 7) is 4.77. The first-order valence-corrected chi connectivity index (χ1v) is 7.44. The summed E-state index contributed by atoms with van der Waals surface area (Å²) < 4.78 is 25.8. The van der Waals surface area contributed by atoms with E-state index in [0.717, 1.165) is 25.1 Å². The third kappa shape index (κ3) is 2.42. The van der Waals surface area contributed by atoms with Gasteiger partial charge in [0.15, 0.2) is 0 Å². The van der Waals surface area contributed by atoms with Gasteiger partial charge in [0.1, 0.15) is 0 Å². The van der Waals surface area contributed by atoms with E-state index in [0.29, 0.717) is 11.4 Å². The molecule has 0 aromatic heterocycles. The molecular formula is C13H18N2O2S. The van der Waals surface area contributed by atoms with E-state index in [4.69, 9.17) is 0 Å². The van der Waals surface area contributed by atoms with E-state index in [2.05, 4.69) is 11.9 Å². The Labute approximate surface area is 108 Å². The van der Waals surface area contributed by atoms with Crippen LogP contribution < -0.4 is 5.32 Å². The fourth-order valence-electron chi connectivity index (χ4n) is 2.06. The Hall–Kier alpha value is -1.33. The maximum atomic E-state index is 12.3. The van der Waals surface area contributed by atoms with Gasteiger partial charge in [0.25, 0.3) is 0 Å². The summed E-state index contributed by atoms with van der Waals surface area (Å²) >= 11 is 0. The number of nitrogens with one attached hydrogen (secondary N) is 1. The van der Waals surface area contributed by atoms with Crippen molar-refractivity contribution in [3.8, 4) is 0 Å². The van der Waals surface area contributed by atoms with E-state index in [-0.39, 0.29) is 0 Å². The van der Waals surface area contributed by atoms with Gasteiger partial charge >= 0.3 is 0 Å². The number of hydrogen-bond acceptors (Lipinski definition) is 3. The van der Waals surface area contributed by atoms with Crippen molar-refractivity contribution in [2.24, 2.45) is 0 Å². The number of hydrogen-bond donors (Lipinski definition) is 1. The van der Waals surface area contributed by atoms with Crippen molar-refractivity contribution in [1.82, 2.24) is 4.31 Å². The van der Waals surface area contributed by atoms with Crippen LogP contribution >= 0.6 is 0 Å². The van der Waals surface area contributed by atoms with Crippen molar-refractivity contribution in [1.29, 1.82) is 0 Å². The largest absolute Gasteiger partial charge is 0.385 e. The molecule has 0 amide bonds. The maximum Gasteiger partial charge on any atom is 0.243 e. The number of fused-ring (bicyclic) bond motifs is 1. The van der Waals surface area contributed by atoms with Gasteiger partial charge in [-0.2, -0.15) is 4.31 Å². The lowest BCUT2D eigenvalue weighted by Gasteiger charge is -2.20. The predicted molar refractivity (Wildman–Crippen MR) is 73.3 cm³/mol. The third-order valence-corrected chi connectivity index (χ3v) is 4.93. The summed E-state index contributed by atoms with van der Waals surface area (Å²) in [4.78, 5) is 0.333. The molecule has 0 fully saturated rings. The average molecular weight is 266 g/mol. The van der Waals surface area contributed by atoms with Crippen molar-refractivity contribution >= 4 is 15.7 Å². The number of sulfonamides is 1. The highest BCUT2D eigenvalue weighted by molar-refractivity contribution is 7.89. The van der Waals surface area contributed by atoms with Gasteiger partial charge in [-0.25, -0.2) is 8.42 Å². The van der Waals surface area contributed by atoms with Crippen molar-refractivity contribution in [2.75, 3.05) is 25.5 Å². The summed E-state index contributed by atoms with van der Waals surface area (Å²) in [7, 11) is -1.85. The Bertz CT molecular complexity index is 552. The van der Waals surface area contributed by atoms with Crippen LogP contribution in [0.15, 0.2) is 35.7 Å². The Balaban J connectivity index is 2.36. The van der Waals surface area contributed by atoms with Crippen LogP contribution in [0.4, 0.5) is 5.69 Å². The number of benzene rings is 1. The Kier molecular flexibility index (Phi) is 3.73. The molecule has 4 nitrogen and oxygen atoms in total. The molecule has 1 aromatic rings. The minimum Gasteiger partial charge on any atom is -0.385 e. The normalized spacial score (nSPS) is 15.0. The quantitative estimate of drug-likeness (QED) is 0.846. The molecular weight excluding hydrogens is 248 g/mol. The summed E-state index contributed by atoms with van der Waals surface area (Å²) in [5.41, 5.74) is 2.13. The molecule has 0 bridgehead atoms. The van der Waals surface area contributed by atoms with E-state index >= 15 is 0 Å². The predicted octanol–water partition coefficient (Wildman–Crippen LogP) is 1.85. The van der Waals surface area contributed by atoms with E-state index in [9.17, 15) is 8.42 Å². The third-order valence-electron chi connectivity index (χ3n) is 3.11. The fourth-order valence-corrected chi connectivity index (χ4v) is 3.23. The highest BCUT2D eigenvalue weighted by atomic mass is 32.2. The van der Waals surface area contributed by atoms with Crippen LogP contribution in [0.25, 0.3) is 0 Å². The van der Waals surface area contributed by atoms with Gasteiger partial charge in [-0.05, 0) is 30.5 Å². The van der Waals surface area contributed by atoms with E-state index in [1.54, 1.807) is 25.3 Å². The molecule has 0 radical (unpaired) electrons. The molecule has 1 heterocycles. The Morgan fingerprint density at radius 3 is 3.00 bits per heavy atom. The standard InChI is InChI=1S/C13H18N2O2S/c1-3-9-15(2)18(16,17)12-7-6-11-5-4-8-14-13(11)10-12/h3,6-7,10,14H,1,4-5,8-9H2,2H3. The lowest BCUT2D eigenvalue weighted by atomic mass is 10.0. The van der Waals surface area contributed by atoms with Crippen molar-refractivity contribution in [3.63, 3.8) is 0 Å². The summed E-state index contributed by atoms with van der Waals surface area (Å²) in [5.74, 6) is 0. The number of nitrogens with zero attached hydrogens (tertiary/aromatic N) is 1. The smallest absolute Gasteiger partial charge is 0.243 e. The van der Waals surface area contributed by atoms with Gasteiger partial charge < -0.3 is 5.32 Å². The monoisotopic (exact) mass is 266 g/mol. The Morgan fingerprint density at radius 2 is 2.28 bits per heavy atom. The van der Waals surface area contributed by atoms with Gasteiger partial charge in [0.2, 0.25) is 10.0 Å². The van der Waals surface area contributed by atoms with Gasteiger partial charge in [0, 0.05) is 25.8 Å². The molecule has 18 heavy (non-hydrogen) atoms. The number of rotatable bonds is 4. The first-order chi connectivity index (χ1) is 8.55. The van der Waals surface area contributed by atoms with Crippen LogP contribution in [0.3, 0.4) is 0 Å². The zero-order valence-corrected chi connectivity index (χ0v) is 11.3. The van der Waals surface area contributed by atoms with Crippen LogP contribution in [-0.2, 0) is 16.4 Å². The van der Waals surface area contributed by atoms with Crippen LogP contribution in [0, 0.1) is 0 Å². The zero-order chi connectivity index (χ0) is 13.2. The molecule has 5 heteroatoms. The van der Waals surface area contributed by atoms with Crippen LogP contribution in [0.2, 0.25) is 0 Å². The second-order valence-electron chi connectivity index (χ2n) is 4.42. The highest BCUT2D eigenvalue weighted by Gasteiger charge is 2.21. The molecule has 0 saturated carbocycles. The van der Waals surface area contributed by atoms with Crippen LogP contribution in [0.1, 0.15) is 12.0 Å². The number of anilines is 1. The maximum absolute atomic E-state index is 12.3. The second-order valence-corrected chi connectivity index (χ2v) is 6.47. The molecule has 1 aromatic carbocycles. The molecule has 2 rings (SSSR count). The lowest BCUT2D eigenvalue weighted by Crippen LogP contribution is -2.27.